The predicted molar refractivity (Wildman–Crippen MR) is 62.5 cm³/mol. The molecule has 0 atom stereocenters. The monoisotopic (exact) mass is 218 g/mol. The van der Waals surface area contributed by atoms with Crippen molar-refractivity contribution in [1.82, 2.24) is 0 Å². The highest BCUT2D eigenvalue weighted by Gasteiger charge is 2.17. The molecule has 0 N–H and O–H groups in total. The van der Waals surface area contributed by atoms with Crippen molar-refractivity contribution in [2.45, 2.75) is 43.6 Å². The van der Waals surface area contributed by atoms with Crippen LogP contribution in [0.5, 0.6) is 0 Å². The molecule has 0 unspecified atom stereocenters. The highest BCUT2D eigenvalue weighted by molar-refractivity contribution is 8.17. The molecule has 0 radical (unpaired) electrons. The molecule has 0 saturated carbocycles. The van der Waals surface area contributed by atoms with Crippen LogP contribution >= 0.6 is 23.5 Å². The molecule has 0 aliphatic carbocycles. The highest BCUT2D eigenvalue weighted by Crippen LogP contribution is 2.33. The van der Waals surface area contributed by atoms with Gasteiger partial charge in [0, 0.05) is 12.8 Å². The molecule has 0 amide bonds. The number of ketones is 1. The average Bonchev–Trinajstić information content (AvgIpc) is 2.16. The van der Waals surface area contributed by atoms with E-state index in [0.717, 1.165) is 25.7 Å². The number of hydrogen-bond donors (Lipinski definition) is 0. The smallest absolute Gasteiger partial charge is 0.134 e. The van der Waals surface area contributed by atoms with E-state index in [9.17, 15) is 4.79 Å². The van der Waals surface area contributed by atoms with Crippen molar-refractivity contribution in [2.75, 3.05) is 11.5 Å². The van der Waals surface area contributed by atoms with E-state index in [4.69, 9.17) is 0 Å². The molecule has 0 spiro atoms. The SMILES string of the molecule is CCCCC(=O)CC1SCCCS1. The van der Waals surface area contributed by atoms with Crippen molar-refractivity contribution in [2.24, 2.45) is 0 Å². The van der Waals surface area contributed by atoms with E-state index in [1.165, 1.54) is 17.9 Å². The zero-order chi connectivity index (χ0) is 9.52. The number of carbonyl (C=O) groups is 1. The quantitative estimate of drug-likeness (QED) is 0.704. The van der Waals surface area contributed by atoms with Crippen LogP contribution in [0.3, 0.4) is 0 Å². The van der Waals surface area contributed by atoms with E-state index in [0.29, 0.717) is 10.4 Å². The minimum Gasteiger partial charge on any atom is -0.300 e. The van der Waals surface area contributed by atoms with Gasteiger partial charge in [0.2, 0.25) is 0 Å². The Labute approximate surface area is 89.4 Å². The zero-order valence-corrected chi connectivity index (χ0v) is 9.88. The topological polar surface area (TPSA) is 17.1 Å². The summed E-state index contributed by atoms with van der Waals surface area (Å²) in [7, 11) is 0. The molecule has 0 aromatic carbocycles. The second-order valence-electron chi connectivity index (χ2n) is 3.37. The number of thioether (sulfide) groups is 2. The van der Waals surface area contributed by atoms with Crippen LogP contribution in [0.4, 0.5) is 0 Å². The first-order chi connectivity index (χ1) is 6.33. The average molecular weight is 218 g/mol. The van der Waals surface area contributed by atoms with Gasteiger partial charge >= 0.3 is 0 Å². The molecule has 1 aliphatic rings. The van der Waals surface area contributed by atoms with E-state index < -0.39 is 0 Å². The number of rotatable bonds is 5. The van der Waals surface area contributed by atoms with E-state index in [1.54, 1.807) is 0 Å². The van der Waals surface area contributed by atoms with E-state index in [1.807, 2.05) is 23.5 Å². The van der Waals surface area contributed by atoms with Crippen LogP contribution in [-0.2, 0) is 4.79 Å². The lowest BCUT2D eigenvalue weighted by atomic mass is 10.1. The Morgan fingerprint density at radius 2 is 2.08 bits per heavy atom. The van der Waals surface area contributed by atoms with Crippen molar-refractivity contribution < 1.29 is 4.79 Å². The number of unbranched alkanes of at least 4 members (excludes halogenated alkanes) is 1. The van der Waals surface area contributed by atoms with Crippen molar-refractivity contribution >= 4 is 29.3 Å². The van der Waals surface area contributed by atoms with Gasteiger partial charge in [-0.05, 0) is 24.3 Å². The molecule has 1 rings (SSSR count). The lowest BCUT2D eigenvalue weighted by molar-refractivity contribution is -0.118. The number of Topliss-reactive ketones (excluding diaryl/α,β-unsaturated/α-hetero) is 1. The van der Waals surface area contributed by atoms with Gasteiger partial charge in [-0.2, -0.15) is 0 Å². The molecule has 1 aliphatic heterocycles. The van der Waals surface area contributed by atoms with Gasteiger partial charge in [0.25, 0.3) is 0 Å². The maximum Gasteiger partial charge on any atom is 0.134 e. The fourth-order valence-electron chi connectivity index (χ4n) is 1.32. The first kappa shape index (κ1) is 11.4. The zero-order valence-electron chi connectivity index (χ0n) is 8.25. The van der Waals surface area contributed by atoms with E-state index in [2.05, 4.69) is 6.92 Å². The van der Waals surface area contributed by atoms with Crippen LogP contribution in [0.25, 0.3) is 0 Å². The molecule has 1 saturated heterocycles. The molecule has 13 heavy (non-hydrogen) atoms. The van der Waals surface area contributed by atoms with Crippen LogP contribution in [0.15, 0.2) is 0 Å². The van der Waals surface area contributed by atoms with E-state index >= 15 is 0 Å². The Kier molecular flexibility index (Phi) is 5.96. The molecule has 76 valence electrons. The third-order valence-electron chi connectivity index (χ3n) is 2.10. The summed E-state index contributed by atoms with van der Waals surface area (Å²) in [5, 5.41) is 0. The lowest BCUT2D eigenvalue weighted by Gasteiger charge is -2.19. The summed E-state index contributed by atoms with van der Waals surface area (Å²) in [6, 6.07) is 0. The van der Waals surface area contributed by atoms with Crippen molar-refractivity contribution in [3.63, 3.8) is 0 Å². The van der Waals surface area contributed by atoms with Crippen molar-refractivity contribution in [3.05, 3.63) is 0 Å². The summed E-state index contributed by atoms with van der Waals surface area (Å²) in [5.74, 6) is 2.96. The van der Waals surface area contributed by atoms with Gasteiger partial charge in [-0.3, -0.25) is 4.79 Å². The van der Waals surface area contributed by atoms with E-state index in [-0.39, 0.29) is 0 Å². The van der Waals surface area contributed by atoms with Crippen LogP contribution in [0.1, 0.15) is 39.0 Å². The summed E-state index contributed by atoms with van der Waals surface area (Å²) in [4.78, 5) is 11.4. The second-order valence-corrected chi connectivity index (χ2v) is 6.29. The molecule has 1 fully saturated rings. The standard InChI is InChI=1S/C10H18OS2/c1-2-3-5-9(11)8-10-12-6-4-7-13-10/h10H,2-8H2,1H3. The molecule has 1 nitrogen and oxygen atoms in total. The molecule has 3 heteroatoms. The maximum atomic E-state index is 11.4. The summed E-state index contributed by atoms with van der Waals surface area (Å²) in [5.41, 5.74) is 0. The van der Waals surface area contributed by atoms with Crippen LogP contribution < -0.4 is 0 Å². The molecule has 0 aromatic heterocycles. The Hall–Kier alpha value is 0.370. The highest BCUT2D eigenvalue weighted by atomic mass is 32.2. The minimum atomic E-state index is 0.466. The van der Waals surface area contributed by atoms with Gasteiger partial charge in [-0.25, -0.2) is 0 Å². The first-order valence-corrected chi connectivity index (χ1v) is 7.17. The lowest BCUT2D eigenvalue weighted by Crippen LogP contribution is -2.12. The molecule has 0 aromatic rings. The third-order valence-corrected chi connectivity index (χ3v) is 5.04. The second kappa shape index (κ2) is 6.77. The minimum absolute atomic E-state index is 0.466. The fourth-order valence-corrected chi connectivity index (χ4v) is 4.22. The normalized spacial score (nSPS) is 18.8. The Morgan fingerprint density at radius 1 is 1.38 bits per heavy atom. The van der Waals surface area contributed by atoms with Gasteiger partial charge in [0.1, 0.15) is 5.78 Å². The fraction of sp³-hybridized carbons (Fsp3) is 0.900. The maximum absolute atomic E-state index is 11.4. The predicted octanol–water partition coefficient (Wildman–Crippen LogP) is 3.33. The van der Waals surface area contributed by atoms with Gasteiger partial charge in [0.15, 0.2) is 0 Å². The van der Waals surface area contributed by atoms with Crippen molar-refractivity contribution in [1.29, 1.82) is 0 Å². The summed E-state index contributed by atoms with van der Waals surface area (Å²) in [6.45, 7) is 2.14. The molecular weight excluding hydrogens is 200 g/mol. The Balaban J connectivity index is 2.11. The van der Waals surface area contributed by atoms with Crippen molar-refractivity contribution in [3.8, 4) is 0 Å². The Morgan fingerprint density at radius 3 is 2.69 bits per heavy atom. The largest absolute Gasteiger partial charge is 0.300 e. The van der Waals surface area contributed by atoms with Gasteiger partial charge in [0.05, 0.1) is 4.58 Å². The summed E-state index contributed by atoms with van der Waals surface area (Å²) < 4.78 is 0.568. The summed E-state index contributed by atoms with van der Waals surface area (Å²) in [6.07, 6.45) is 5.12. The molecular formula is C10H18OS2. The first-order valence-electron chi connectivity index (χ1n) is 5.08. The molecule has 1 heterocycles. The van der Waals surface area contributed by atoms with Gasteiger partial charge < -0.3 is 0 Å². The number of hydrogen-bond acceptors (Lipinski definition) is 3. The van der Waals surface area contributed by atoms with Crippen LogP contribution in [-0.4, -0.2) is 21.9 Å². The number of carbonyl (C=O) groups excluding carboxylic acids is 1. The van der Waals surface area contributed by atoms with Gasteiger partial charge in [-0.1, -0.05) is 13.3 Å². The summed E-state index contributed by atoms with van der Waals surface area (Å²) >= 11 is 3.93. The molecule has 0 bridgehead atoms. The van der Waals surface area contributed by atoms with Gasteiger partial charge in [-0.15, -0.1) is 23.5 Å². The third kappa shape index (κ3) is 4.96. The van der Waals surface area contributed by atoms with Crippen LogP contribution in [0.2, 0.25) is 0 Å². The van der Waals surface area contributed by atoms with Crippen LogP contribution in [0, 0.1) is 0 Å². The Bertz CT molecular complexity index is 153.